The number of aliphatic hydroxyl groups excluding tert-OH is 1. The predicted molar refractivity (Wildman–Crippen MR) is 67.8 cm³/mol. The highest BCUT2D eigenvalue weighted by molar-refractivity contribution is 5.74. The van der Waals surface area contributed by atoms with E-state index in [0.717, 1.165) is 5.56 Å². The summed E-state index contributed by atoms with van der Waals surface area (Å²) in [6.07, 6.45) is 0. The van der Waals surface area contributed by atoms with E-state index in [1.807, 2.05) is 13.0 Å². The van der Waals surface area contributed by atoms with Crippen LogP contribution in [0.4, 0.5) is 4.79 Å². The Morgan fingerprint density at radius 1 is 1.33 bits per heavy atom. The Balaban J connectivity index is 2.56. The van der Waals surface area contributed by atoms with Gasteiger partial charge in [-0.1, -0.05) is 12.1 Å². The summed E-state index contributed by atoms with van der Waals surface area (Å²) in [4.78, 5) is 11.5. The Kier molecular flexibility index (Phi) is 5.15. The van der Waals surface area contributed by atoms with E-state index in [-0.39, 0.29) is 24.7 Å². The van der Waals surface area contributed by atoms with Crippen molar-refractivity contribution in [1.29, 1.82) is 5.26 Å². The lowest BCUT2D eigenvalue weighted by molar-refractivity contribution is 0.218. The topological polar surface area (TPSA) is 85.2 Å². The van der Waals surface area contributed by atoms with Crippen LogP contribution in [-0.4, -0.2) is 23.8 Å². The second kappa shape index (κ2) is 6.62. The largest absolute Gasteiger partial charge is 0.394 e. The van der Waals surface area contributed by atoms with Crippen molar-refractivity contribution < 1.29 is 9.90 Å². The maximum absolute atomic E-state index is 11.5. The zero-order chi connectivity index (χ0) is 13.5. The summed E-state index contributed by atoms with van der Waals surface area (Å²) in [5.41, 5.74) is 1.50. The summed E-state index contributed by atoms with van der Waals surface area (Å²) in [7, 11) is 0. The van der Waals surface area contributed by atoms with Gasteiger partial charge in [0.25, 0.3) is 0 Å². The van der Waals surface area contributed by atoms with E-state index in [4.69, 9.17) is 10.4 Å². The van der Waals surface area contributed by atoms with Crippen LogP contribution in [0.2, 0.25) is 0 Å². The molecule has 2 atom stereocenters. The van der Waals surface area contributed by atoms with Gasteiger partial charge in [0.2, 0.25) is 0 Å². The van der Waals surface area contributed by atoms with Gasteiger partial charge in [0.05, 0.1) is 30.3 Å². The first-order valence-corrected chi connectivity index (χ1v) is 5.74. The number of rotatable bonds is 4. The molecule has 0 aromatic heterocycles. The van der Waals surface area contributed by atoms with Crippen LogP contribution in [0.5, 0.6) is 0 Å². The number of nitrogens with one attached hydrogen (secondary N) is 2. The van der Waals surface area contributed by atoms with Crippen LogP contribution >= 0.6 is 0 Å². The van der Waals surface area contributed by atoms with Gasteiger partial charge in [-0.3, -0.25) is 0 Å². The molecular weight excluding hydrogens is 230 g/mol. The van der Waals surface area contributed by atoms with Gasteiger partial charge in [0.1, 0.15) is 0 Å². The van der Waals surface area contributed by atoms with Gasteiger partial charge in [-0.25, -0.2) is 4.79 Å². The van der Waals surface area contributed by atoms with Gasteiger partial charge < -0.3 is 15.7 Å². The molecule has 0 aliphatic heterocycles. The highest BCUT2D eigenvalue weighted by Gasteiger charge is 2.11. The molecule has 0 aliphatic rings. The highest BCUT2D eigenvalue weighted by atomic mass is 16.3. The van der Waals surface area contributed by atoms with E-state index in [9.17, 15) is 4.79 Å². The van der Waals surface area contributed by atoms with Crippen LogP contribution in [-0.2, 0) is 0 Å². The fraction of sp³-hybridized carbons (Fsp3) is 0.385. The molecule has 1 rings (SSSR count). The second-order valence-electron chi connectivity index (χ2n) is 4.16. The number of carbonyl (C=O) groups is 1. The molecule has 0 radical (unpaired) electrons. The molecule has 0 aliphatic carbocycles. The summed E-state index contributed by atoms with van der Waals surface area (Å²) in [5, 5.41) is 22.9. The van der Waals surface area contributed by atoms with Gasteiger partial charge >= 0.3 is 6.03 Å². The standard InChI is InChI=1S/C13H17N3O2/c1-9(8-17)15-13(18)16-10(2)12-5-3-11(7-14)4-6-12/h3-6,9-10,17H,8H2,1-2H3,(H2,15,16,18). The molecule has 0 heterocycles. The minimum atomic E-state index is -0.326. The molecule has 1 aromatic rings. The van der Waals surface area contributed by atoms with Crippen molar-refractivity contribution >= 4 is 6.03 Å². The van der Waals surface area contributed by atoms with Gasteiger partial charge in [-0.05, 0) is 31.5 Å². The molecule has 5 heteroatoms. The summed E-state index contributed by atoms with van der Waals surface area (Å²) in [6.45, 7) is 3.47. The van der Waals surface area contributed by atoms with Crippen molar-refractivity contribution in [3.8, 4) is 6.07 Å². The average Bonchev–Trinajstić information content (AvgIpc) is 2.38. The lowest BCUT2D eigenvalue weighted by Gasteiger charge is -2.17. The van der Waals surface area contributed by atoms with Crippen molar-refractivity contribution in [2.24, 2.45) is 0 Å². The SMILES string of the molecule is CC(CO)NC(=O)NC(C)c1ccc(C#N)cc1. The second-order valence-corrected chi connectivity index (χ2v) is 4.16. The number of hydrogen-bond donors (Lipinski definition) is 3. The number of nitriles is 1. The highest BCUT2D eigenvalue weighted by Crippen LogP contribution is 2.12. The number of nitrogens with zero attached hydrogens (tertiary/aromatic N) is 1. The number of hydrogen-bond acceptors (Lipinski definition) is 3. The fourth-order valence-electron chi connectivity index (χ4n) is 1.44. The molecule has 2 amide bonds. The number of urea groups is 1. The fourth-order valence-corrected chi connectivity index (χ4v) is 1.44. The minimum absolute atomic E-state index is 0.0985. The summed E-state index contributed by atoms with van der Waals surface area (Å²) in [6, 6.07) is 8.30. The van der Waals surface area contributed by atoms with Crippen LogP contribution in [0.1, 0.15) is 31.0 Å². The maximum Gasteiger partial charge on any atom is 0.315 e. The van der Waals surface area contributed by atoms with Crippen molar-refractivity contribution in [1.82, 2.24) is 10.6 Å². The number of aliphatic hydroxyl groups is 1. The van der Waals surface area contributed by atoms with E-state index in [2.05, 4.69) is 10.6 Å². The first kappa shape index (κ1) is 14.0. The number of carbonyl (C=O) groups excluding carboxylic acids is 1. The van der Waals surface area contributed by atoms with E-state index in [0.29, 0.717) is 5.56 Å². The van der Waals surface area contributed by atoms with Crippen molar-refractivity contribution in [3.05, 3.63) is 35.4 Å². The maximum atomic E-state index is 11.5. The third kappa shape index (κ3) is 4.07. The zero-order valence-electron chi connectivity index (χ0n) is 10.5. The van der Waals surface area contributed by atoms with E-state index in [1.165, 1.54) is 0 Å². The Bertz CT molecular complexity index is 437. The Morgan fingerprint density at radius 3 is 2.44 bits per heavy atom. The molecule has 0 fully saturated rings. The molecule has 5 nitrogen and oxygen atoms in total. The van der Waals surface area contributed by atoms with Crippen LogP contribution in [0, 0.1) is 11.3 Å². The van der Waals surface area contributed by atoms with Crippen molar-refractivity contribution in [2.45, 2.75) is 25.9 Å². The first-order valence-electron chi connectivity index (χ1n) is 5.74. The quantitative estimate of drug-likeness (QED) is 0.749. The van der Waals surface area contributed by atoms with Gasteiger partial charge in [0.15, 0.2) is 0 Å². The Hall–Kier alpha value is -2.06. The third-order valence-corrected chi connectivity index (χ3v) is 2.54. The smallest absolute Gasteiger partial charge is 0.315 e. The van der Waals surface area contributed by atoms with Gasteiger partial charge in [-0.15, -0.1) is 0 Å². The van der Waals surface area contributed by atoms with Gasteiger partial charge in [0, 0.05) is 0 Å². The Labute approximate surface area is 106 Å². The number of amides is 2. The molecule has 0 saturated heterocycles. The van der Waals surface area contributed by atoms with Crippen LogP contribution in [0.3, 0.4) is 0 Å². The lowest BCUT2D eigenvalue weighted by Crippen LogP contribution is -2.43. The molecule has 0 bridgehead atoms. The molecule has 1 aromatic carbocycles. The zero-order valence-corrected chi connectivity index (χ0v) is 10.5. The van der Waals surface area contributed by atoms with E-state index < -0.39 is 0 Å². The first-order chi connectivity index (χ1) is 8.56. The van der Waals surface area contributed by atoms with E-state index in [1.54, 1.807) is 31.2 Å². The molecule has 0 spiro atoms. The lowest BCUT2D eigenvalue weighted by atomic mass is 10.1. The van der Waals surface area contributed by atoms with Crippen LogP contribution in [0.25, 0.3) is 0 Å². The van der Waals surface area contributed by atoms with Crippen LogP contribution < -0.4 is 10.6 Å². The number of benzene rings is 1. The van der Waals surface area contributed by atoms with Crippen LogP contribution in [0.15, 0.2) is 24.3 Å². The van der Waals surface area contributed by atoms with E-state index >= 15 is 0 Å². The molecule has 96 valence electrons. The average molecular weight is 247 g/mol. The molecular formula is C13H17N3O2. The van der Waals surface area contributed by atoms with Gasteiger partial charge in [-0.2, -0.15) is 5.26 Å². The van der Waals surface area contributed by atoms with Crippen molar-refractivity contribution in [2.75, 3.05) is 6.61 Å². The molecule has 18 heavy (non-hydrogen) atoms. The monoisotopic (exact) mass is 247 g/mol. The summed E-state index contributed by atoms with van der Waals surface area (Å²) in [5.74, 6) is 0. The minimum Gasteiger partial charge on any atom is -0.394 e. The molecule has 3 N–H and O–H groups in total. The van der Waals surface area contributed by atoms with Crippen molar-refractivity contribution in [3.63, 3.8) is 0 Å². The summed E-state index contributed by atoms with van der Waals surface area (Å²) >= 11 is 0. The molecule has 0 saturated carbocycles. The summed E-state index contributed by atoms with van der Waals surface area (Å²) < 4.78 is 0. The molecule has 2 unspecified atom stereocenters. The predicted octanol–water partition coefficient (Wildman–Crippen LogP) is 1.30. The third-order valence-electron chi connectivity index (χ3n) is 2.54. The normalized spacial score (nSPS) is 13.2. The Morgan fingerprint density at radius 2 is 1.94 bits per heavy atom.